The van der Waals surface area contributed by atoms with Crippen LogP contribution in [0.15, 0.2) is 66.7 Å². The number of anilines is 3. The molecule has 34 heavy (non-hydrogen) atoms. The number of aromatic hydroxyl groups is 3. The first kappa shape index (κ1) is 23.1. The lowest BCUT2D eigenvalue weighted by atomic mass is 10.0. The molecule has 0 bridgehead atoms. The predicted octanol–water partition coefficient (Wildman–Crippen LogP) is 7.61. The molecule has 0 saturated heterocycles. The average molecular weight is 456 g/mol. The number of phenolic OH excluding ortho intramolecular Hbond substituents is 3. The van der Waals surface area contributed by atoms with Crippen molar-refractivity contribution >= 4 is 17.1 Å². The normalized spacial score (nSPS) is 10.9. The minimum absolute atomic E-state index is 0.0430. The molecule has 4 aromatic rings. The molecule has 4 aromatic carbocycles. The van der Waals surface area contributed by atoms with E-state index in [1.807, 2.05) is 82.0 Å². The third-order valence-corrected chi connectivity index (χ3v) is 6.10. The van der Waals surface area contributed by atoms with E-state index in [0.29, 0.717) is 28.3 Å². The molecule has 0 aliphatic rings. The van der Waals surface area contributed by atoms with Crippen molar-refractivity contribution < 1.29 is 20.1 Å². The van der Waals surface area contributed by atoms with E-state index in [4.69, 9.17) is 4.74 Å². The highest BCUT2D eigenvalue weighted by molar-refractivity contribution is 5.87. The van der Waals surface area contributed by atoms with E-state index in [1.54, 1.807) is 24.3 Å². The molecule has 3 N–H and O–H groups in total. The Morgan fingerprint density at radius 2 is 1.12 bits per heavy atom. The van der Waals surface area contributed by atoms with E-state index in [-0.39, 0.29) is 17.2 Å². The number of phenols is 3. The summed E-state index contributed by atoms with van der Waals surface area (Å²) in [5.41, 5.74) is 6.56. The van der Waals surface area contributed by atoms with Gasteiger partial charge in [-0.15, -0.1) is 0 Å². The molecule has 0 fully saturated rings. The van der Waals surface area contributed by atoms with Crippen LogP contribution in [0.1, 0.15) is 27.8 Å². The lowest BCUT2D eigenvalue weighted by molar-refractivity contribution is 0.411. The third-order valence-electron chi connectivity index (χ3n) is 6.10. The molecule has 0 saturated carbocycles. The summed E-state index contributed by atoms with van der Waals surface area (Å²) in [4.78, 5) is 2.01. The van der Waals surface area contributed by atoms with Crippen LogP contribution in [0.4, 0.5) is 17.1 Å². The summed E-state index contributed by atoms with van der Waals surface area (Å²) < 4.78 is 6.25. The minimum atomic E-state index is 0.0430. The highest BCUT2D eigenvalue weighted by Gasteiger charge is 2.25. The van der Waals surface area contributed by atoms with Crippen molar-refractivity contribution in [1.29, 1.82) is 0 Å². The van der Waals surface area contributed by atoms with Gasteiger partial charge >= 0.3 is 0 Å². The van der Waals surface area contributed by atoms with Crippen LogP contribution < -0.4 is 9.64 Å². The summed E-state index contributed by atoms with van der Waals surface area (Å²) in [5, 5.41) is 31.6. The fourth-order valence-corrected chi connectivity index (χ4v) is 4.24. The summed E-state index contributed by atoms with van der Waals surface area (Å²) in [7, 11) is 0. The van der Waals surface area contributed by atoms with Gasteiger partial charge in [0.25, 0.3) is 0 Å². The SMILES string of the molecule is Cc1ccc(O)c(Oc2ccccc2N(c2c(C)ccc(O)c2C)c2c(C)ccc(O)c2C)c1. The van der Waals surface area contributed by atoms with Crippen molar-refractivity contribution in [3.05, 3.63) is 94.5 Å². The van der Waals surface area contributed by atoms with Gasteiger partial charge in [-0.25, -0.2) is 0 Å². The van der Waals surface area contributed by atoms with Crippen molar-refractivity contribution in [3.63, 3.8) is 0 Å². The Labute approximate surface area is 200 Å². The van der Waals surface area contributed by atoms with Crippen molar-refractivity contribution in [2.45, 2.75) is 34.6 Å². The third kappa shape index (κ3) is 4.13. The van der Waals surface area contributed by atoms with E-state index >= 15 is 0 Å². The van der Waals surface area contributed by atoms with E-state index in [0.717, 1.165) is 28.1 Å². The molecule has 5 nitrogen and oxygen atoms in total. The van der Waals surface area contributed by atoms with Gasteiger partial charge in [-0.3, -0.25) is 0 Å². The van der Waals surface area contributed by atoms with Crippen molar-refractivity contribution in [2.75, 3.05) is 4.90 Å². The van der Waals surface area contributed by atoms with Gasteiger partial charge < -0.3 is 25.0 Å². The van der Waals surface area contributed by atoms with Gasteiger partial charge in [0, 0.05) is 11.1 Å². The molecule has 174 valence electrons. The Morgan fingerprint density at radius 3 is 1.71 bits per heavy atom. The van der Waals surface area contributed by atoms with Gasteiger partial charge in [-0.05, 0) is 87.7 Å². The Hall–Kier alpha value is -4.12. The van der Waals surface area contributed by atoms with E-state index < -0.39 is 0 Å². The maximum Gasteiger partial charge on any atom is 0.169 e. The summed E-state index contributed by atoms with van der Waals surface area (Å²) in [6.45, 7) is 9.64. The number of para-hydroxylation sites is 2. The first-order valence-corrected chi connectivity index (χ1v) is 11.1. The number of benzene rings is 4. The number of ether oxygens (including phenoxy) is 1. The summed E-state index contributed by atoms with van der Waals surface area (Å²) in [6.07, 6.45) is 0. The van der Waals surface area contributed by atoms with Gasteiger partial charge in [-0.2, -0.15) is 0 Å². The average Bonchev–Trinajstić information content (AvgIpc) is 2.81. The van der Waals surface area contributed by atoms with E-state index in [9.17, 15) is 15.3 Å². The maximum absolute atomic E-state index is 10.6. The summed E-state index contributed by atoms with van der Waals surface area (Å²) in [5.74, 6) is 1.27. The highest BCUT2D eigenvalue weighted by atomic mass is 16.5. The molecule has 0 radical (unpaired) electrons. The van der Waals surface area contributed by atoms with Gasteiger partial charge in [0.1, 0.15) is 11.5 Å². The summed E-state index contributed by atoms with van der Waals surface area (Å²) in [6, 6.07) is 19.9. The molecule has 0 spiro atoms. The van der Waals surface area contributed by atoms with E-state index in [2.05, 4.69) is 0 Å². The van der Waals surface area contributed by atoms with Crippen LogP contribution in [0, 0.1) is 34.6 Å². The molecular weight excluding hydrogens is 426 g/mol. The van der Waals surface area contributed by atoms with Gasteiger partial charge in [0.2, 0.25) is 0 Å². The molecule has 0 unspecified atom stereocenters. The van der Waals surface area contributed by atoms with Crippen LogP contribution in [-0.4, -0.2) is 15.3 Å². The van der Waals surface area contributed by atoms with Crippen LogP contribution in [-0.2, 0) is 0 Å². The van der Waals surface area contributed by atoms with Gasteiger partial charge in [0.05, 0.1) is 17.1 Å². The number of hydrogen-bond donors (Lipinski definition) is 3. The van der Waals surface area contributed by atoms with Gasteiger partial charge in [-0.1, -0.05) is 30.3 Å². The largest absolute Gasteiger partial charge is 0.508 e. The first-order valence-electron chi connectivity index (χ1n) is 11.1. The van der Waals surface area contributed by atoms with Gasteiger partial charge in [0.15, 0.2) is 17.2 Å². The molecule has 0 aromatic heterocycles. The Morgan fingerprint density at radius 1 is 0.588 bits per heavy atom. The van der Waals surface area contributed by atoms with Crippen molar-refractivity contribution in [3.8, 4) is 28.7 Å². The monoisotopic (exact) mass is 455 g/mol. The smallest absolute Gasteiger partial charge is 0.169 e. The molecule has 0 aliphatic heterocycles. The van der Waals surface area contributed by atoms with Crippen LogP contribution in [0.25, 0.3) is 0 Å². The molecule has 5 heteroatoms. The molecule has 0 aliphatic carbocycles. The van der Waals surface area contributed by atoms with Crippen LogP contribution >= 0.6 is 0 Å². The molecule has 4 rings (SSSR count). The second kappa shape index (κ2) is 9.02. The Kier molecular flexibility index (Phi) is 6.12. The fourth-order valence-electron chi connectivity index (χ4n) is 4.24. The quantitative estimate of drug-likeness (QED) is 0.289. The zero-order valence-electron chi connectivity index (χ0n) is 20.0. The fraction of sp³-hybridized carbons (Fsp3) is 0.172. The van der Waals surface area contributed by atoms with Crippen LogP contribution in [0.5, 0.6) is 28.7 Å². The number of nitrogens with zero attached hydrogens (tertiary/aromatic N) is 1. The predicted molar refractivity (Wildman–Crippen MR) is 136 cm³/mol. The molecule has 0 atom stereocenters. The maximum atomic E-state index is 10.6. The summed E-state index contributed by atoms with van der Waals surface area (Å²) >= 11 is 0. The number of rotatable bonds is 5. The lowest BCUT2D eigenvalue weighted by Gasteiger charge is -2.32. The second-order valence-electron chi connectivity index (χ2n) is 8.63. The first-order chi connectivity index (χ1) is 16.2. The second-order valence-corrected chi connectivity index (χ2v) is 8.63. The van der Waals surface area contributed by atoms with Crippen molar-refractivity contribution in [1.82, 2.24) is 0 Å². The Balaban J connectivity index is 2.02. The number of hydrogen-bond acceptors (Lipinski definition) is 5. The molecule has 0 heterocycles. The molecular formula is C29H29NO4. The van der Waals surface area contributed by atoms with Crippen LogP contribution in [0.3, 0.4) is 0 Å². The lowest BCUT2D eigenvalue weighted by Crippen LogP contribution is -2.16. The molecule has 0 amide bonds. The van der Waals surface area contributed by atoms with Crippen molar-refractivity contribution in [2.24, 2.45) is 0 Å². The minimum Gasteiger partial charge on any atom is -0.508 e. The zero-order chi connectivity index (χ0) is 24.6. The Bertz CT molecular complexity index is 1320. The van der Waals surface area contributed by atoms with E-state index in [1.165, 1.54) is 0 Å². The standard InChI is InChI=1S/C29H29NO4/c1-17-10-13-25(33)27(16-17)34-26-9-7-6-8-22(26)30(28-18(2)11-14-23(31)20(28)4)29-19(3)12-15-24(32)21(29)5/h6-16,31-33H,1-5H3. The van der Waals surface area contributed by atoms with Crippen LogP contribution in [0.2, 0.25) is 0 Å². The topological polar surface area (TPSA) is 73.2 Å². The zero-order valence-corrected chi connectivity index (χ0v) is 20.0. The highest BCUT2D eigenvalue weighted by Crippen LogP contribution is 2.49. The number of aryl methyl sites for hydroxylation is 3.